The monoisotopic (exact) mass is 424 g/mol. The molecule has 0 aromatic heterocycles. The lowest BCUT2D eigenvalue weighted by Gasteiger charge is -2.18. The molecule has 2 aromatic carbocycles. The SMILES string of the molecule is FC(F)(F)CCCOc1ccc(C(F)(F)Oc2ccc(Br)cc2)cc1. The molecule has 25 heavy (non-hydrogen) atoms. The Balaban J connectivity index is 1.92. The van der Waals surface area contributed by atoms with Crippen LogP contribution in [-0.2, 0) is 6.11 Å². The molecule has 0 aliphatic rings. The van der Waals surface area contributed by atoms with Crippen LogP contribution < -0.4 is 9.47 Å². The fourth-order valence-electron chi connectivity index (χ4n) is 1.92. The Bertz CT molecular complexity index is 669. The molecule has 0 saturated heterocycles. The normalized spacial score (nSPS) is 12.1. The van der Waals surface area contributed by atoms with E-state index in [9.17, 15) is 22.0 Å². The van der Waals surface area contributed by atoms with Gasteiger partial charge in [0.25, 0.3) is 0 Å². The molecule has 0 N–H and O–H groups in total. The van der Waals surface area contributed by atoms with Gasteiger partial charge in [-0.2, -0.15) is 22.0 Å². The average Bonchev–Trinajstić information content (AvgIpc) is 2.53. The maximum atomic E-state index is 14.1. The van der Waals surface area contributed by atoms with Gasteiger partial charge in [0.1, 0.15) is 11.5 Å². The number of hydrogen-bond donors (Lipinski definition) is 0. The Morgan fingerprint density at radius 2 is 1.36 bits per heavy atom. The molecule has 0 spiro atoms. The quantitative estimate of drug-likeness (QED) is 0.383. The largest absolute Gasteiger partial charge is 0.494 e. The molecule has 136 valence electrons. The lowest BCUT2D eigenvalue weighted by atomic mass is 10.2. The Hall–Kier alpha value is -1.83. The van der Waals surface area contributed by atoms with E-state index in [1.54, 1.807) is 12.1 Å². The zero-order chi connectivity index (χ0) is 18.5. The van der Waals surface area contributed by atoms with E-state index in [0.29, 0.717) is 0 Å². The number of hydrogen-bond acceptors (Lipinski definition) is 2. The molecular formula is C17H14BrF5O2. The first-order valence-electron chi connectivity index (χ1n) is 7.28. The van der Waals surface area contributed by atoms with Crippen molar-refractivity contribution < 1.29 is 31.4 Å². The van der Waals surface area contributed by atoms with E-state index >= 15 is 0 Å². The fourth-order valence-corrected chi connectivity index (χ4v) is 2.18. The van der Waals surface area contributed by atoms with Crippen molar-refractivity contribution in [2.75, 3.05) is 6.61 Å². The van der Waals surface area contributed by atoms with Crippen molar-refractivity contribution in [3.63, 3.8) is 0 Å². The van der Waals surface area contributed by atoms with Gasteiger partial charge in [-0.3, -0.25) is 0 Å². The summed E-state index contributed by atoms with van der Waals surface area (Å²) in [5, 5.41) is 0. The molecule has 0 heterocycles. The first-order chi connectivity index (χ1) is 11.7. The Kier molecular flexibility index (Phi) is 6.26. The first kappa shape index (κ1) is 19.5. The summed E-state index contributed by atoms with van der Waals surface area (Å²) in [6.07, 6.45) is -8.94. The van der Waals surface area contributed by atoms with Crippen molar-refractivity contribution in [1.29, 1.82) is 0 Å². The minimum atomic E-state index is -4.24. The molecule has 0 unspecified atom stereocenters. The second-order valence-electron chi connectivity index (χ2n) is 5.16. The van der Waals surface area contributed by atoms with Crippen LogP contribution in [0.2, 0.25) is 0 Å². The molecule has 0 bridgehead atoms. The van der Waals surface area contributed by atoms with Gasteiger partial charge in [0.15, 0.2) is 0 Å². The van der Waals surface area contributed by atoms with Crippen LogP contribution in [0.15, 0.2) is 53.0 Å². The van der Waals surface area contributed by atoms with Gasteiger partial charge in [0.2, 0.25) is 0 Å². The maximum Gasteiger partial charge on any atom is 0.426 e. The molecule has 0 radical (unpaired) electrons. The van der Waals surface area contributed by atoms with Gasteiger partial charge in [-0.1, -0.05) is 15.9 Å². The summed E-state index contributed by atoms with van der Waals surface area (Å²) in [7, 11) is 0. The van der Waals surface area contributed by atoms with Crippen molar-refractivity contribution in [1.82, 2.24) is 0 Å². The molecule has 2 aromatic rings. The van der Waals surface area contributed by atoms with E-state index in [-0.39, 0.29) is 24.5 Å². The Morgan fingerprint density at radius 1 is 0.800 bits per heavy atom. The lowest BCUT2D eigenvalue weighted by Crippen LogP contribution is -2.21. The molecule has 0 amide bonds. The third-order valence-electron chi connectivity index (χ3n) is 3.12. The summed E-state index contributed by atoms with van der Waals surface area (Å²) in [4.78, 5) is 0. The van der Waals surface area contributed by atoms with E-state index in [2.05, 4.69) is 15.9 Å². The fraction of sp³-hybridized carbons (Fsp3) is 0.294. The number of benzene rings is 2. The second kappa shape index (κ2) is 8.03. The Morgan fingerprint density at radius 3 is 1.92 bits per heavy atom. The zero-order valence-electron chi connectivity index (χ0n) is 12.8. The summed E-state index contributed by atoms with van der Waals surface area (Å²) < 4.78 is 74.8. The predicted molar refractivity (Wildman–Crippen MR) is 85.9 cm³/mol. The molecular weight excluding hydrogens is 411 g/mol. The number of alkyl halides is 5. The van der Waals surface area contributed by atoms with Crippen molar-refractivity contribution in [2.24, 2.45) is 0 Å². The van der Waals surface area contributed by atoms with Gasteiger partial charge in [0.05, 0.1) is 12.2 Å². The van der Waals surface area contributed by atoms with Gasteiger partial charge in [-0.25, -0.2) is 0 Å². The predicted octanol–water partition coefficient (Wildman–Crippen LogP) is 6.30. The van der Waals surface area contributed by atoms with Gasteiger partial charge in [0, 0.05) is 10.9 Å². The van der Waals surface area contributed by atoms with Gasteiger partial charge >= 0.3 is 12.3 Å². The van der Waals surface area contributed by atoms with Crippen LogP contribution in [0.3, 0.4) is 0 Å². The molecule has 2 rings (SSSR count). The van der Waals surface area contributed by atoms with Crippen LogP contribution in [0.25, 0.3) is 0 Å². The summed E-state index contributed by atoms with van der Waals surface area (Å²) in [5.41, 5.74) is -0.391. The van der Waals surface area contributed by atoms with Crippen molar-refractivity contribution in [2.45, 2.75) is 25.1 Å². The van der Waals surface area contributed by atoms with E-state index in [1.165, 1.54) is 24.3 Å². The van der Waals surface area contributed by atoms with Crippen LogP contribution in [0, 0.1) is 0 Å². The van der Waals surface area contributed by atoms with Crippen molar-refractivity contribution >= 4 is 15.9 Å². The van der Waals surface area contributed by atoms with E-state index in [4.69, 9.17) is 9.47 Å². The van der Waals surface area contributed by atoms with Crippen LogP contribution in [-0.4, -0.2) is 12.8 Å². The maximum absolute atomic E-state index is 14.1. The average molecular weight is 425 g/mol. The van der Waals surface area contributed by atoms with E-state index in [0.717, 1.165) is 16.6 Å². The lowest BCUT2D eigenvalue weighted by molar-refractivity contribution is -0.185. The molecule has 0 atom stereocenters. The van der Waals surface area contributed by atoms with Gasteiger partial charge < -0.3 is 9.47 Å². The molecule has 0 fully saturated rings. The van der Waals surface area contributed by atoms with E-state index in [1.807, 2.05) is 0 Å². The van der Waals surface area contributed by atoms with E-state index < -0.39 is 24.3 Å². The number of rotatable bonds is 7. The van der Waals surface area contributed by atoms with Gasteiger partial charge in [-0.05, 0) is 55.0 Å². The molecule has 0 aliphatic heterocycles. The van der Waals surface area contributed by atoms with Crippen LogP contribution in [0.4, 0.5) is 22.0 Å². The highest BCUT2D eigenvalue weighted by atomic mass is 79.9. The van der Waals surface area contributed by atoms with Crippen molar-refractivity contribution in [3.05, 3.63) is 58.6 Å². The standard InChI is InChI=1S/C17H14BrF5O2/c18-13-4-8-15(9-5-13)25-17(22,23)12-2-6-14(7-3-12)24-11-1-10-16(19,20)21/h2-9H,1,10-11H2. The summed E-state index contributed by atoms with van der Waals surface area (Å²) in [5.74, 6) is 0.214. The highest BCUT2D eigenvalue weighted by Crippen LogP contribution is 2.33. The smallest absolute Gasteiger partial charge is 0.426 e. The summed E-state index contributed by atoms with van der Waals surface area (Å²) in [6, 6.07) is 10.7. The van der Waals surface area contributed by atoms with Crippen LogP contribution >= 0.6 is 15.9 Å². The highest BCUT2D eigenvalue weighted by molar-refractivity contribution is 9.10. The second-order valence-corrected chi connectivity index (χ2v) is 6.08. The van der Waals surface area contributed by atoms with Crippen LogP contribution in [0.5, 0.6) is 11.5 Å². The number of halogens is 6. The highest BCUT2D eigenvalue weighted by Gasteiger charge is 2.34. The molecule has 8 heteroatoms. The summed E-state index contributed by atoms with van der Waals surface area (Å²) >= 11 is 3.20. The molecule has 0 aliphatic carbocycles. The third kappa shape index (κ3) is 6.53. The Labute approximate surface area is 149 Å². The van der Waals surface area contributed by atoms with Gasteiger partial charge in [-0.15, -0.1) is 0 Å². The zero-order valence-corrected chi connectivity index (χ0v) is 14.4. The minimum Gasteiger partial charge on any atom is -0.494 e. The third-order valence-corrected chi connectivity index (χ3v) is 3.65. The molecule has 0 saturated carbocycles. The first-order valence-corrected chi connectivity index (χ1v) is 8.07. The van der Waals surface area contributed by atoms with Crippen molar-refractivity contribution in [3.8, 4) is 11.5 Å². The summed E-state index contributed by atoms with van der Waals surface area (Å²) in [6.45, 7) is -0.148. The van der Waals surface area contributed by atoms with Crippen LogP contribution in [0.1, 0.15) is 18.4 Å². The topological polar surface area (TPSA) is 18.5 Å². The molecule has 2 nitrogen and oxygen atoms in total. The number of ether oxygens (including phenoxy) is 2. The minimum absolute atomic E-state index is 0.000627.